The van der Waals surface area contributed by atoms with Gasteiger partial charge in [0.2, 0.25) is 0 Å². The fraction of sp³-hybridized carbons (Fsp3) is 0.833. The minimum atomic E-state index is -0.138. The Morgan fingerprint density at radius 1 is 1.15 bits per heavy atom. The molecule has 1 fully saturated rings. The summed E-state index contributed by atoms with van der Waals surface area (Å²) in [5.74, 6) is 1.97. The Kier molecular flexibility index (Phi) is 2.46. The standard InChI is InChI=1S/C12H20O/c1-8-4-3-5-11-10(8)7-6-9(2)12(11)13/h5,8-10,12-13H,3-4,6-7H2,1-2H3. The van der Waals surface area contributed by atoms with Gasteiger partial charge in [-0.3, -0.25) is 0 Å². The first-order valence-corrected chi connectivity index (χ1v) is 5.58. The molecule has 0 aromatic rings. The van der Waals surface area contributed by atoms with Crippen LogP contribution >= 0.6 is 0 Å². The highest BCUT2D eigenvalue weighted by Crippen LogP contribution is 2.42. The summed E-state index contributed by atoms with van der Waals surface area (Å²) in [5, 5.41) is 10.0. The number of rotatable bonds is 0. The summed E-state index contributed by atoms with van der Waals surface area (Å²) in [6.45, 7) is 4.50. The summed E-state index contributed by atoms with van der Waals surface area (Å²) in [5.41, 5.74) is 1.36. The molecule has 2 rings (SSSR count). The number of aliphatic hydroxyl groups excluding tert-OH is 1. The second-order valence-corrected chi connectivity index (χ2v) is 4.86. The van der Waals surface area contributed by atoms with E-state index in [1.165, 1.54) is 31.3 Å². The van der Waals surface area contributed by atoms with Gasteiger partial charge in [-0.15, -0.1) is 0 Å². The minimum absolute atomic E-state index is 0.138. The lowest BCUT2D eigenvalue weighted by Gasteiger charge is -2.39. The lowest BCUT2D eigenvalue weighted by molar-refractivity contribution is 0.0896. The monoisotopic (exact) mass is 180 g/mol. The van der Waals surface area contributed by atoms with E-state index < -0.39 is 0 Å². The maximum absolute atomic E-state index is 10.0. The summed E-state index contributed by atoms with van der Waals surface area (Å²) < 4.78 is 0. The molecule has 0 aromatic heterocycles. The number of aliphatic hydroxyl groups is 1. The van der Waals surface area contributed by atoms with Crippen molar-refractivity contribution in [2.45, 2.75) is 45.6 Å². The van der Waals surface area contributed by atoms with Crippen LogP contribution in [0.15, 0.2) is 11.6 Å². The Balaban J connectivity index is 2.20. The van der Waals surface area contributed by atoms with Gasteiger partial charge in [0.25, 0.3) is 0 Å². The van der Waals surface area contributed by atoms with Crippen LogP contribution in [-0.2, 0) is 0 Å². The first-order chi connectivity index (χ1) is 6.20. The lowest BCUT2D eigenvalue weighted by atomic mass is 9.68. The van der Waals surface area contributed by atoms with Gasteiger partial charge in [-0.1, -0.05) is 19.9 Å². The second kappa shape index (κ2) is 3.45. The number of fused-ring (bicyclic) bond motifs is 1. The lowest BCUT2D eigenvalue weighted by Crippen LogP contribution is -2.35. The zero-order valence-corrected chi connectivity index (χ0v) is 8.66. The van der Waals surface area contributed by atoms with Gasteiger partial charge in [-0.05, 0) is 49.0 Å². The highest BCUT2D eigenvalue weighted by Gasteiger charge is 2.35. The molecule has 0 heterocycles. The molecule has 1 N–H and O–H groups in total. The molecule has 4 unspecified atom stereocenters. The van der Waals surface area contributed by atoms with Crippen molar-refractivity contribution in [2.24, 2.45) is 17.8 Å². The third-order valence-electron chi connectivity index (χ3n) is 3.93. The van der Waals surface area contributed by atoms with Crippen LogP contribution in [0.2, 0.25) is 0 Å². The number of hydrogen-bond donors (Lipinski definition) is 1. The van der Waals surface area contributed by atoms with E-state index in [-0.39, 0.29) is 6.10 Å². The molecule has 0 aliphatic heterocycles. The highest BCUT2D eigenvalue weighted by atomic mass is 16.3. The third kappa shape index (κ3) is 1.54. The molecular weight excluding hydrogens is 160 g/mol. The smallest absolute Gasteiger partial charge is 0.0778 e. The molecule has 0 amide bonds. The SMILES string of the molecule is CC1CCC2C(=CCCC2C)C1O. The van der Waals surface area contributed by atoms with E-state index in [0.717, 1.165) is 5.92 Å². The largest absolute Gasteiger partial charge is 0.388 e. The van der Waals surface area contributed by atoms with Crippen LogP contribution in [0.4, 0.5) is 0 Å². The number of hydrogen-bond acceptors (Lipinski definition) is 1. The van der Waals surface area contributed by atoms with Crippen LogP contribution in [0.5, 0.6) is 0 Å². The van der Waals surface area contributed by atoms with Gasteiger partial charge in [0.15, 0.2) is 0 Å². The van der Waals surface area contributed by atoms with E-state index in [1.54, 1.807) is 0 Å². The first kappa shape index (κ1) is 9.26. The van der Waals surface area contributed by atoms with Crippen molar-refractivity contribution >= 4 is 0 Å². The maximum Gasteiger partial charge on any atom is 0.0778 e. The van der Waals surface area contributed by atoms with Crippen LogP contribution in [-0.4, -0.2) is 11.2 Å². The van der Waals surface area contributed by atoms with Gasteiger partial charge in [-0.25, -0.2) is 0 Å². The van der Waals surface area contributed by atoms with E-state index in [9.17, 15) is 5.11 Å². The van der Waals surface area contributed by atoms with Crippen molar-refractivity contribution in [3.8, 4) is 0 Å². The number of allylic oxidation sites excluding steroid dienone is 1. The van der Waals surface area contributed by atoms with Crippen LogP contribution < -0.4 is 0 Å². The second-order valence-electron chi connectivity index (χ2n) is 4.86. The van der Waals surface area contributed by atoms with Gasteiger partial charge < -0.3 is 5.11 Å². The Morgan fingerprint density at radius 2 is 1.92 bits per heavy atom. The third-order valence-corrected chi connectivity index (χ3v) is 3.93. The molecule has 1 heteroatoms. The molecular formula is C12H20O. The minimum Gasteiger partial charge on any atom is -0.388 e. The molecule has 0 bridgehead atoms. The summed E-state index contributed by atoms with van der Waals surface area (Å²) in [4.78, 5) is 0. The molecule has 2 aliphatic rings. The summed E-state index contributed by atoms with van der Waals surface area (Å²) >= 11 is 0. The fourth-order valence-electron chi connectivity index (χ4n) is 2.91. The van der Waals surface area contributed by atoms with Gasteiger partial charge in [0.1, 0.15) is 0 Å². The molecule has 0 saturated heterocycles. The van der Waals surface area contributed by atoms with E-state index >= 15 is 0 Å². The normalized spacial score (nSPS) is 45.3. The Bertz CT molecular complexity index is 219. The first-order valence-electron chi connectivity index (χ1n) is 5.58. The zero-order valence-electron chi connectivity index (χ0n) is 8.66. The average molecular weight is 180 g/mol. The molecule has 1 saturated carbocycles. The zero-order chi connectivity index (χ0) is 9.42. The van der Waals surface area contributed by atoms with E-state index in [0.29, 0.717) is 11.8 Å². The topological polar surface area (TPSA) is 20.2 Å². The maximum atomic E-state index is 10.0. The summed E-state index contributed by atoms with van der Waals surface area (Å²) in [6, 6.07) is 0. The molecule has 13 heavy (non-hydrogen) atoms. The van der Waals surface area contributed by atoms with Crippen molar-refractivity contribution in [3.05, 3.63) is 11.6 Å². The van der Waals surface area contributed by atoms with Crippen molar-refractivity contribution < 1.29 is 5.11 Å². The highest BCUT2D eigenvalue weighted by molar-refractivity contribution is 5.19. The van der Waals surface area contributed by atoms with Gasteiger partial charge in [0.05, 0.1) is 6.10 Å². The molecule has 0 aromatic carbocycles. The Morgan fingerprint density at radius 3 is 2.69 bits per heavy atom. The summed E-state index contributed by atoms with van der Waals surface area (Å²) in [7, 11) is 0. The van der Waals surface area contributed by atoms with Crippen LogP contribution in [0.3, 0.4) is 0 Å². The molecule has 2 aliphatic carbocycles. The quantitative estimate of drug-likeness (QED) is 0.568. The van der Waals surface area contributed by atoms with Crippen molar-refractivity contribution in [1.82, 2.24) is 0 Å². The van der Waals surface area contributed by atoms with Crippen molar-refractivity contribution in [1.29, 1.82) is 0 Å². The summed E-state index contributed by atoms with van der Waals surface area (Å²) in [6.07, 6.45) is 7.15. The predicted octanol–water partition coefficient (Wildman–Crippen LogP) is 2.75. The molecule has 0 radical (unpaired) electrons. The van der Waals surface area contributed by atoms with Crippen LogP contribution in [0.1, 0.15) is 39.5 Å². The van der Waals surface area contributed by atoms with Crippen LogP contribution in [0.25, 0.3) is 0 Å². The predicted molar refractivity (Wildman–Crippen MR) is 54.4 cm³/mol. The fourth-order valence-corrected chi connectivity index (χ4v) is 2.91. The van der Waals surface area contributed by atoms with Crippen LogP contribution in [0, 0.1) is 17.8 Å². The van der Waals surface area contributed by atoms with E-state index in [4.69, 9.17) is 0 Å². The van der Waals surface area contributed by atoms with Crippen molar-refractivity contribution in [3.63, 3.8) is 0 Å². The Hall–Kier alpha value is -0.300. The van der Waals surface area contributed by atoms with Crippen molar-refractivity contribution in [2.75, 3.05) is 0 Å². The molecule has 74 valence electrons. The van der Waals surface area contributed by atoms with E-state index in [2.05, 4.69) is 19.9 Å². The average Bonchev–Trinajstić information content (AvgIpc) is 2.12. The molecule has 0 spiro atoms. The van der Waals surface area contributed by atoms with E-state index in [1.807, 2.05) is 0 Å². The molecule has 4 atom stereocenters. The molecule has 1 nitrogen and oxygen atoms in total. The van der Waals surface area contributed by atoms with Gasteiger partial charge >= 0.3 is 0 Å². The van der Waals surface area contributed by atoms with Gasteiger partial charge in [-0.2, -0.15) is 0 Å². The van der Waals surface area contributed by atoms with Gasteiger partial charge in [0, 0.05) is 0 Å². The Labute approximate surface area is 80.8 Å².